The Morgan fingerprint density at radius 1 is 1.29 bits per heavy atom. The van der Waals surface area contributed by atoms with Gasteiger partial charge in [-0.1, -0.05) is 0 Å². The molecule has 0 bridgehead atoms. The summed E-state index contributed by atoms with van der Waals surface area (Å²) in [6, 6.07) is 5.11. The second-order valence-electron chi connectivity index (χ2n) is 6.35. The molecule has 2 fully saturated rings. The maximum atomic E-state index is 12.6. The number of rotatable bonds is 4. The molecule has 1 aliphatic heterocycles. The quantitative estimate of drug-likeness (QED) is 0.771. The van der Waals surface area contributed by atoms with Gasteiger partial charge in [0.2, 0.25) is 5.91 Å². The average molecular weight is 354 g/mol. The Bertz CT molecular complexity index is 630. The number of nitrogens with one attached hydrogen (secondary N) is 3. The first kappa shape index (κ1) is 18.5. The van der Waals surface area contributed by atoms with Gasteiger partial charge in [0.05, 0.1) is 18.4 Å². The van der Waals surface area contributed by atoms with Crippen LogP contribution < -0.4 is 20.7 Å². The Morgan fingerprint density at radius 2 is 2.00 bits per heavy atom. The van der Waals surface area contributed by atoms with Gasteiger partial charge in [0.1, 0.15) is 5.75 Å². The first-order chi connectivity index (χ1) is 11.1. The summed E-state index contributed by atoms with van der Waals surface area (Å²) in [5.41, 5.74) is 1.13. The van der Waals surface area contributed by atoms with Crippen molar-refractivity contribution in [2.75, 3.05) is 32.6 Å². The number of halogens is 1. The molecular formula is C17H24ClN3O3. The highest BCUT2D eigenvalue weighted by atomic mass is 35.5. The van der Waals surface area contributed by atoms with E-state index in [9.17, 15) is 9.59 Å². The van der Waals surface area contributed by atoms with Gasteiger partial charge < -0.3 is 20.7 Å². The molecule has 7 heteroatoms. The zero-order valence-electron chi connectivity index (χ0n) is 14.0. The number of amides is 2. The number of methoxy groups -OCH3 is 1. The van der Waals surface area contributed by atoms with E-state index in [1.807, 2.05) is 0 Å². The van der Waals surface area contributed by atoms with Crippen LogP contribution in [0.5, 0.6) is 5.75 Å². The molecule has 2 amide bonds. The van der Waals surface area contributed by atoms with Crippen LogP contribution in [0.2, 0.25) is 0 Å². The Hall–Kier alpha value is -1.79. The number of ether oxygens (including phenoxy) is 1. The van der Waals surface area contributed by atoms with E-state index < -0.39 is 0 Å². The lowest BCUT2D eigenvalue weighted by Gasteiger charge is -2.23. The van der Waals surface area contributed by atoms with Crippen LogP contribution in [0.4, 0.5) is 5.69 Å². The van der Waals surface area contributed by atoms with Gasteiger partial charge in [-0.05, 0) is 56.0 Å². The number of hydrogen-bond donors (Lipinski definition) is 3. The van der Waals surface area contributed by atoms with Gasteiger partial charge in [0.15, 0.2) is 0 Å². The van der Waals surface area contributed by atoms with Gasteiger partial charge in [-0.2, -0.15) is 0 Å². The number of hydrogen-bond acceptors (Lipinski definition) is 4. The predicted octanol–water partition coefficient (Wildman–Crippen LogP) is 1.80. The predicted molar refractivity (Wildman–Crippen MR) is 94.9 cm³/mol. The molecule has 3 rings (SSSR count). The number of carbonyl (C=O) groups excluding carboxylic acids is 2. The van der Waals surface area contributed by atoms with Crippen molar-refractivity contribution in [3.8, 4) is 5.75 Å². The van der Waals surface area contributed by atoms with Crippen molar-refractivity contribution < 1.29 is 14.3 Å². The lowest BCUT2D eigenvalue weighted by Crippen LogP contribution is -2.32. The summed E-state index contributed by atoms with van der Waals surface area (Å²) in [5, 5.41) is 8.86. The van der Waals surface area contributed by atoms with E-state index in [0.29, 0.717) is 17.0 Å². The summed E-state index contributed by atoms with van der Waals surface area (Å²) in [4.78, 5) is 24.6. The zero-order valence-corrected chi connectivity index (χ0v) is 14.8. The van der Waals surface area contributed by atoms with Crippen LogP contribution in [0.25, 0.3) is 0 Å². The molecule has 132 valence electrons. The summed E-state index contributed by atoms with van der Waals surface area (Å²) in [6.07, 6.45) is 3.05. The molecule has 1 spiro atoms. The van der Waals surface area contributed by atoms with Crippen LogP contribution in [-0.4, -0.2) is 39.1 Å². The molecule has 1 atom stereocenters. The zero-order chi connectivity index (χ0) is 16.4. The fourth-order valence-corrected chi connectivity index (χ4v) is 3.50. The largest absolute Gasteiger partial charge is 0.497 e. The van der Waals surface area contributed by atoms with Gasteiger partial charge in [-0.15, -0.1) is 12.4 Å². The number of anilines is 1. The van der Waals surface area contributed by atoms with E-state index in [4.69, 9.17) is 4.74 Å². The third-order valence-electron chi connectivity index (χ3n) is 5.06. The first-order valence-corrected chi connectivity index (χ1v) is 8.01. The number of benzene rings is 1. The van der Waals surface area contributed by atoms with E-state index in [-0.39, 0.29) is 35.6 Å². The highest BCUT2D eigenvalue weighted by Crippen LogP contribution is 2.58. The average Bonchev–Trinajstić information content (AvgIpc) is 3.28. The summed E-state index contributed by atoms with van der Waals surface area (Å²) >= 11 is 0. The van der Waals surface area contributed by atoms with Crippen molar-refractivity contribution >= 4 is 29.9 Å². The minimum absolute atomic E-state index is 0. The maximum Gasteiger partial charge on any atom is 0.253 e. The first-order valence-electron chi connectivity index (χ1n) is 8.01. The molecule has 6 nitrogen and oxygen atoms in total. The van der Waals surface area contributed by atoms with Crippen LogP contribution in [0.1, 0.15) is 29.6 Å². The fourth-order valence-electron chi connectivity index (χ4n) is 3.50. The standard InChI is InChI=1S/C17H23N3O3.ClH/c1-18-15(21)12-9-11(23-2)3-4-14(12)20-16(22)13-10-17(13)5-7-19-8-6-17;/h3-4,9,13,19H,5-8,10H2,1-2H3,(H,18,21)(H,20,22);1H. The van der Waals surface area contributed by atoms with E-state index >= 15 is 0 Å². The van der Waals surface area contributed by atoms with Gasteiger partial charge >= 0.3 is 0 Å². The van der Waals surface area contributed by atoms with E-state index in [0.717, 1.165) is 32.4 Å². The molecule has 0 radical (unpaired) electrons. The number of carbonyl (C=O) groups is 2. The van der Waals surface area contributed by atoms with Gasteiger partial charge in [-0.3, -0.25) is 9.59 Å². The van der Waals surface area contributed by atoms with Gasteiger partial charge in [0, 0.05) is 13.0 Å². The van der Waals surface area contributed by atoms with Crippen LogP contribution in [-0.2, 0) is 4.79 Å². The molecule has 1 heterocycles. The van der Waals surface area contributed by atoms with E-state index in [1.165, 1.54) is 0 Å². The molecule has 2 aliphatic rings. The van der Waals surface area contributed by atoms with E-state index in [1.54, 1.807) is 32.4 Å². The van der Waals surface area contributed by atoms with Crippen LogP contribution >= 0.6 is 12.4 Å². The smallest absolute Gasteiger partial charge is 0.253 e. The molecule has 1 aromatic rings. The monoisotopic (exact) mass is 353 g/mol. The van der Waals surface area contributed by atoms with Crippen molar-refractivity contribution in [2.24, 2.45) is 11.3 Å². The third-order valence-corrected chi connectivity index (χ3v) is 5.06. The highest BCUT2D eigenvalue weighted by molar-refractivity contribution is 6.05. The Kier molecular flexibility index (Phi) is 5.72. The third kappa shape index (κ3) is 3.49. The summed E-state index contributed by atoms with van der Waals surface area (Å²) in [6.45, 7) is 1.96. The molecule has 1 unspecified atom stereocenters. The molecule has 0 aromatic heterocycles. The van der Waals surface area contributed by atoms with Crippen molar-refractivity contribution in [3.05, 3.63) is 23.8 Å². The summed E-state index contributed by atoms with van der Waals surface area (Å²) in [5.74, 6) is 0.417. The second-order valence-corrected chi connectivity index (χ2v) is 6.35. The Balaban J connectivity index is 0.00000208. The summed E-state index contributed by atoms with van der Waals surface area (Å²) in [7, 11) is 3.12. The minimum atomic E-state index is -0.244. The topological polar surface area (TPSA) is 79.5 Å². The van der Waals surface area contributed by atoms with Crippen molar-refractivity contribution in [1.29, 1.82) is 0 Å². The molecule has 24 heavy (non-hydrogen) atoms. The molecule has 1 saturated carbocycles. The lowest BCUT2D eigenvalue weighted by atomic mass is 9.91. The lowest BCUT2D eigenvalue weighted by molar-refractivity contribution is -0.118. The normalized spacial score (nSPS) is 20.7. The Labute approximate surface area is 148 Å². The molecule has 1 aliphatic carbocycles. The van der Waals surface area contributed by atoms with Crippen LogP contribution in [0, 0.1) is 11.3 Å². The second kappa shape index (κ2) is 7.40. The van der Waals surface area contributed by atoms with Gasteiger partial charge in [0.25, 0.3) is 5.91 Å². The molecule has 1 saturated heterocycles. The van der Waals surface area contributed by atoms with Crippen molar-refractivity contribution in [2.45, 2.75) is 19.3 Å². The number of piperidine rings is 1. The molecule has 3 N–H and O–H groups in total. The van der Waals surface area contributed by atoms with Gasteiger partial charge in [-0.25, -0.2) is 0 Å². The highest BCUT2D eigenvalue weighted by Gasteiger charge is 2.57. The SMILES string of the molecule is CNC(=O)c1cc(OC)ccc1NC(=O)C1CC12CCNCC2.Cl. The van der Waals surface area contributed by atoms with Crippen LogP contribution in [0.3, 0.4) is 0 Å². The fraction of sp³-hybridized carbons (Fsp3) is 0.529. The van der Waals surface area contributed by atoms with Crippen molar-refractivity contribution in [3.63, 3.8) is 0 Å². The summed E-state index contributed by atoms with van der Waals surface area (Å²) < 4.78 is 5.16. The van der Waals surface area contributed by atoms with E-state index in [2.05, 4.69) is 16.0 Å². The molecular weight excluding hydrogens is 330 g/mol. The Morgan fingerprint density at radius 3 is 2.62 bits per heavy atom. The molecule has 1 aromatic carbocycles. The minimum Gasteiger partial charge on any atom is -0.497 e. The van der Waals surface area contributed by atoms with Crippen molar-refractivity contribution in [1.82, 2.24) is 10.6 Å². The van der Waals surface area contributed by atoms with Crippen LogP contribution in [0.15, 0.2) is 18.2 Å². The maximum absolute atomic E-state index is 12.6.